The van der Waals surface area contributed by atoms with E-state index in [4.69, 9.17) is 9.47 Å². The molecule has 0 aliphatic rings. The predicted octanol–water partition coefficient (Wildman–Crippen LogP) is 5.26. The molecule has 162 valence electrons. The number of fused-ring (bicyclic) bond motifs is 1. The first-order chi connectivity index (χ1) is 16.0. The van der Waals surface area contributed by atoms with Crippen LogP contribution in [0.1, 0.15) is 26.3 Å². The van der Waals surface area contributed by atoms with E-state index in [-0.39, 0.29) is 11.3 Å². The number of aromatic nitrogens is 1. The number of carbonyl (C=O) groups is 2. The SMILES string of the molecule is COc1cc(OC)c(-c2cc3ccc#cc3[nH]2)cc1/C=C/C(=O)c1ccc(C(=O)N=O)cc1. The van der Waals surface area contributed by atoms with Crippen molar-refractivity contribution in [2.45, 2.75) is 0 Å². The van der Waals surface area contributed by atoms with Gasteiger partial charge >= 0.3 is 5.91 Å². The summed E-state index contributed by atoms with van der Waals surface area (Å²) in [6.45, 7) is 0. The Morgan fingerprint density at radius 2 is 1.70 bits per heavy atom. The molecule has 0 aliphatic carbocycles. The monoisotopic (exact) mass is 438 g/mol. The Balaban J connectivity index is 1.68. The van der Waals surface area contributed by atoms with Crippen LogP contribution in [-0.4, -0.2) is 30.9 Å². The molecule has 1 heterocycles. The van der Waals surface area contributed by atoms with Gasteiger partial charge in [0.1, 0.15) is 11.5 Å². The zero-order valence-corrected chi connectivity index (χ0v) is 17.8. The van der Waals surface area contributed by atoms with Gasteiger partial charge in [-0.05, 0) is 54.6 Å². The third kappa shape index (κ3) is 4.36. The second-order valence-electron chi connectivity index (χ2n) is 7.08. The summed E-state index contributed by atoms with van der Waals surface area (Å²) in [5.74, 6) is -0.0145. The third-order valence-corrected chi connectivity index (χ3v) is 5.15. The molecule has 3 aromatic carbocycles. The Morgan fingerprint density at radius 3 is 2.36 bits per heavy atom. The van der Waals surface area contributed by atoms with Gasteiger partial charge in [-0.3, -0.25) is 9.59 Å². The van der Waals surface area contributed by atoms with Crippen molar-refractivity contribution in [1.29, 1.82) is 0 Å². The number of aromatic amines is 1. The summed E-state index contributed by atoms with van der Waals surface area (Å²) >= 11 is 0. The van der Waals surface area contributed by atoms with Gasteiger partial charge in [-0.2, -0.15) is 0 Å². The molecule has 7 heteroatoms. The number of nitroso groups, excluding NO2 is 1. The fourth-order valence-corrected chi connectivity index (χ4v) is 3.45. The molecule has 0 fully saturated rings. The number of rotatable bonds is 7. The molecular weight excluding hydrogens is 420 g/mol. The van der Waals surface area contributed by atoms with Crippen molar-refractivity contribution in [3.05, 3.63) is 94.4 Å². The van der Waals surface area contributed by atoms with Crippen LogP contribution in [0.5, 0.6) is 11.5 Å². The lowest BCUT2D eigenvalue weighted by Gasteiger charge is -2.12. The highest BCUT2D eigenvalue weighted by Gasteiger charge is 2.14. The molecule has 0 radical (unpaired) electrons. The largest absolute Gasteiger partial charge is 0.496 e. The predicted molar refractivity (Wildman–Crippen MR) is 124 cm³/mol. The highest BCUT2D eigenvalue weighted by Crippen LogP contribution is 2.37. The van der Waals surface area contributed by atoms with Gasteiger partial charge in [-0.15, -0.1) is 4.91 Å². The zero-order valence-electron chi connectivity index (χ0n) is 17.8. The Labute approximate surface area is 189 Å². The average molecular weight is 438 g/mol. The zero-order chi connectivity index (χ0) is 23.4. The standard InChI is InChI=1S/C26H18N2O5/c1-32-24-15-25(33-2)20(22-14-18-5-3-4-6-21(18)27-22)13-19(24)11-12-23(29)16-7-9-17(10-8-16)26(30)28-31/h3,5,7-15,27H,1-2H3/b12-11+. The fourth-order valence-electron chi connectivity index (χ4n) is 3.45. The maximum Gasteiger partial charge on any atom is 0.316 e. The first-order valence-corrected chi connectivity index (χ1v) is 9.91. The van der Waals surface area contributed by atoms with Gasteiger partial charge in [0.25, 0.3) is 0 Å². The number of hydrogen-bond donors (Lipinski definition) is 1. The van der Waals surface area contributed by atoms with E-state index in [2.05, 4.69) is 22.3 Å². The van der Waals surface area contributed by atoms with Crippen LogP contribution < -0.4 is 9.47 Å². The molecule has 0 unspecified atom stereocenters. The number of hydrogen-bond acceptors (Lipinski definition) is 5. The molecule has 0 spiro atoms. The van der Waals surface area contributed by atoms with Gasteiger partial charge < -0.3 is 14.5 Å². The van der Waals surface area contributed by atoms with Gasteiger partial charge in [-0.25, -0.2) is 0 Å². The topological polar surface area (TPSA) is 97.8 Å². The minimum atomic E-state index is -0.882. The maximum atomic E-state index is 12.6. The molecule has 1 N–H and O–H groups in total. The Kier molecular flexibility index (Phi) is 6.00. The van der Waals surface area contributed by atoms with E-state index >= 15 is 0 Å². The minimum absolute atomic E-state index is 0.125. The molecule has 1 aromatic heterocycles. The van der Waals surface area contributed by atoms with Gasteiger partial charge in [0.2, 0.25) is 0 Å². The van der Waals surface area contributed by atoms with Crippen LogP contribution in [-0.2, 0) is 0 Å². The molecule has 33 heavy (non-hydrogen) atoms. The number of H-pyrrole nitrogens is 1. The number of ether oxygens (including phenoxy) is 2. The number of carbonyl (C=O) groups excluding carboxylic acids is 2. The van der Waals surface area contributed by atoms with Gasteiger partial charge in [-0.1, -0.05) is 18.2 Å². The normalized spacial score (nSPS) is 10.7. The lowest BCUT2D eigenvalue weighted by molar-refractivity contribution is 0.0998. The molecule has 4 rings (SSSR count). The quantitative estimate of drug-likeness (QED) is 0.241. The molecule has 0 atom stereocenters. The number of benzene rings is 2. The fraction of sp³-hybridized carbons (Fsp3) is 0.0769. The van der Waals surface area contributed by atoms with Crippen molar-refractivity contribution < 1.29 is 19.1 Å². The first kappa shape index (κ1) is 21.5. The van der Waals surface area contributed by atoms with Crippen molar-refractivity contribution in [2.75, 3.05) is 14.2 Å². The van der Waals surface area contributed by atoms with E-state index in [1.54, 1.807) is 25.3 Å². The van der Waals surface area contributed by atoms with E-state index in [1.165, 1.54) is 37.5 Å². The summed E-state index contributed by atoms with van der Waals surface area (Å²) in [5.41, 5.74) is 3.60. The smallest absolute Gasteiger partial charge is 0.316 e. The summed E-state index contributed by atoms with van der Waals surface area (Å²) in [4.78, 5) is 37.6. The van der Waals surface area contributed by atoms with Crippen LogP contribution in [0, 0.1) is 17.0 Å². The van der Waals surface area contributed by atoms with Crippen LogP contribution >= 0.6 is 0 Å². The van der Waals surface area contributed by atoms with Crippen molar-refractivity contribution >= 4 is 28.7 Å². The van der Waals surface area contributed by atoms with E-state index in [9.17, 15) is 14.5 Å². The lowest BCUT2D eigenvalue weighted by atomic mass is 10.0. The van der Waals surface area contributed by atoms with Crippen LogP contribution in [0.2, 0.25) is 0 Å². The maximum absolute atomic E-state index is 12.6. The van der Waals surface area contributed by atoms with Gasteiger partial charge in [0.05, 0.1) is 25.4 Å². The number of ketones is 1. The molecule has 1 amide bonds. The highest BCUT2D eigenvalue weighted by atomic mass is 16.5. The minimum Gasteiger partial charge on any atom is -0.496 e. The molecular formula is C26H18N2O5. The lowest BCUT2D eigenvalue weighted by Crippen LogP contribution is -1.98. The van der Waals surface area contributed by atoms with Crippen LogP contribution in [0.25, 0.3) is 28.2 Å². The van der Waals surface area contributed by atoms with Crippen LogP contribution in [0.15, 0.2) is 65.9 Å². The van der Waals surface area contributed by atoms with E-state index < -0.39 is 5.91 Å². The first-order valence-electron chi connectivity index (χ1n) is 9.91. The Bertz CT molecular complexity index is 1350. The number of allylic oxidation sites excluding steroid dienone is 1. The van der Waals surface area contributed by atoms with Gasteiger partial charge in [0, 0.05) is 38.9 Å². The molecule has 0 bridgehead atoms. The van der Waals surface area contributed by atoms with Crippen molar-refractivity contribution in [2.24, 2.45) is 5.18 Å². The molecule has 0 saturated carbocycles. The summed E-state index contributed by atoms with van der Waals surface area (Å²) in [6, 6.07) is 21.0. The second-order valence-corrected chi connectivity index (χ2v) is 7.08. The highest BCUT2D eigenvalue weighted by molar-refractivity contribution is 6.07. The summed E-state index contributed by atoms with van der Waals surface area (Å²) in [7, 11) is 3.12. The molecule has 7 nitrogen and oxygen atoms in total. The number of nitrogens with zero attached hydrogens (tertiary/aromatic N) is 1. The number of nitrogens with one attached hydrogen (secondary N) is 1. The van der Waals surface area contributed by atoms with Crippen LogP contribution in [0.3, 0.4) is 0 Å². The number of methoxy groups -OCH3 is 2. The van der Waals surface area contributed by atoms with Crippen molar-refractivity contribution in [3.63, 3.8) is 0 Å². The third-order valence-electron chi connectivity index (χ3n) is 5.15. The average Bonchev–Trinajstić information content (AvgIpc) is 3.30. The van der Waals surface area contributed by atoms with E-state index in [0.717, 1.165) is 22.2 Å². The van der Waals surface area contributed by atoms with E-state index in [0.29, 0.717) is 22.6 Å². The Hall–Kier alpha value is -4.70. The molecule has 0 aliphatic heterocycles. The summed E-state index contributed by atoms with van der Waals surface area (Å²) < 4.78 is 11.1. The Morgan fingerprint density at radius 1 is 0.970 bits per heavy atom. The van der Waals surface area contributed by atoms with E-state index in [1.807, 2.05) is 18.2 Å². The van der Waals surface area contributed by atoms with Crippen molar-refractivity contribution in [1.82, 2.24) is 4.98 Å². The molecule has 0 saturated heterocycles. The van der Waals surface area contributed by atoms with Crippen LogP contribution in [0.4, 0.5) is 0 Å². The summed E-state index contributed by atoms with van der Waals surface area (Å²) in [6.07, 6.45) is 3.07. The van der Waals surface area contributed by atoms with Gasteiger partial charge in [0.15, 0.2) is 5.78 Å². The van der Waals surface area contributed by atoms with Crippen molar-refractivity contribution in [3.8, 4) is 22.8 Å². The molecule has 4 aromatic rings. The second kappa shape index (κ2) is 9.20. The summed E-state index contributed by atoms with van der Waals surface area (Å²) in [5, 5.41) is 3.36. The number of amides is 1.